The molecule has 0 aromatic carbocycles. The lowest BCUT2D eigenvalue weighted by atomic mass is 10.4. The standard InChI is InChI=1S/C10H11ClN2O2/c1-3-4-5-6-13-7-12-9(11)8(15-2)10(13)14/h7H,5-6H2,1-2H3. The fourth-order valence-corrected chi connectivity index (χ4v) is 1.28. The number of halogens is 1. The summed E-state index contributed by atoms with van der Waals surface area (Å²) in [6.07, 6.45) is 1.99. The second kappa shape index (κ2) is 5.42. The summed E-state index contributed by atoms with van der Waals surface area (Å²) in [6.45, 7) is 2.24. The molecule has 80 valence electrons. The van der Waals surface area contributed by atoms with Crippen molar-refractivity contribution in [3.63, 3.8) is 0 Å². The molecule has 15 heavy (non-hydrogen) atoms. The molecule has 0 radical (unpaired) electrons. The molecule has 1 aromatic rings. The summed E-state index contributed by atoms with van der Waals surface area (Å²) in [7, 11) is 1.39. The van der Waals surface area contributed by atoms with Crippen LogP contribution in [-0.4, -0.2) is 16.7 Å². The maximum atomic E-state index is 11.7. The van der Waals surface area contributed by atoms with E-state index in [2.05, 4.69) is 16.8 Å². The lowest BCUT2D eigenvalue weighted by molar-refractivity contribution is 0.399. The second-order valence-corrected chi connectivity index (χ2v) is 3.10. The maximum Gasteiger partial charge on any atom is 0.297 e. The molecule has 4 nitrogen and oxygen atoms in total. The molecule has 0 aliphatic rings. The Hall–Kier alpha value is -1.47. The van der Waals surface area contributed by atoms with Gasteiger partial charge in [0.1, 0.15) is 0 Å². The third-order valence-corrected chi connectivity index (χ3v) is 2.08. The number of nitrogens with zero attached hydrogens (tertiary/aromatic N) is 2. The van der Waals surface area contributed by atoms with Gasteiger partial charge in [0.15, 0.2) is 5.15 Å². The van der Waals surface area contributed by atoms with Crippen molar-refractivity contribution >= 4 is 11.6 Å². The molecule has 1 rings (SSSR count). The summed E-state index contributed by atoms with van der Waals surface area (Å²) in [5.74, 6) is 5.69. The summed E-state index contributed by atoms with van der Waals surface area (Å²) < 4.78 is 6.28. The van der Waals surface area contributed by atoms with Gasteiger partial charge in [0.2, 0.25) is 5.75 Å². The molecule has 0 spiro atoms. The first-order valence-electron chi connectivity index (χ1n) is 4.39. The third-order valence-electron chi connectivity index (χ3n) is 1.81. The fourth-order valence-electron chi connectivity index (χ4n) is 1.08. The zero-order valence-corrected chi connectivity index (χ0v) is 9.34. The number of hydrogen-bond acceptors (Lipinski definition) is 3. The van der Waals surface area contributed by atoms with Crippen LogP contribution in [0.15, 0.2) is 11.1 Å². The first-order chi connectivity index (χ1) is 7.20. The number of hydrogen-bond donors (Lipinski definition) is 0. The molecule has 0 atom stereocenters. The van der Waals surface area contributed by atoms with E-state index < -0.39 is 0 Å². The van der Waals surface area contributed by atoms with Crippen LogP contribution >= 0.6 is 11.6 Å². The van der Waals surface area contributed by atoms with E-state index in [1.807, 2.05) is 0 Å². The van der Waals surface area contributed by atoms with Crippen molar-refractivity contribution in [2.24, 2.45) is 0 Å². The van der Waals surface area contributed by atoms with Crippen LogP contribution in [0.3, 0.4) is 0 Å². The highest BCUT2D eigenvalue weighted by Gasteiger charge is 2.09. The van der Waals surface area contributed by atoms with Gasteiger partial charge in [-0.2, -0.15) is 0 Å². The SMILES string of the molecule is CC#CCCn1cnc(Cl)c(OC)c1=O. The van der Waals surface area contributed by atoms with Crippen molar-refractivity contribution in [3.8, 4) is 17.6 Å². The Bertz CT molecular complexity index is 457. The molecule has 0 fully saturated rings. The van der Waals surface area contributed by atoms with Crippen LogP contribution < -0.4 is 10.3 Å². The zero-order valence-electron chi connectivity index (χ0n) is 8.58. The van der Waals surface area contributed by atoms with E-state index in [9.17, 15) is 4.79 Å². The quantitative estimate of drug-likeness (QED) is 0.577. The van der Waals surface area contributed by atoms with Crippen LogP contribution in [-0.2, 0) is 6.54 Å². The highest BCUT2D eigenvalue weighted by atomic mass is 35.5. The van der Waals surface area contributed by atoms with Crippen LogP contribution in [0, 0.1) is 11.8 Å². The van der Waals surface area contributed by atoms with Gasteiger partial charge in [0.05, 0.1) is 13.4 Å². The molecule has 0 saturated heterocycles. The largest absolute Gasteiger partial charge is 0.489 e. The Morgan fingerprint density at radius 3 is 3.00 bits per heavy atom. The Labute approximate surface area is 92.8 Å². The number of ether oxygens (including phenoxy) is 1. The van der Waals surface area contributed by atoms with Crippen molar-refractivity contribution in [3.05, 3.63) is 21.8 Å². The van der Waals surface area contributed by atoms with Gasteiger partial charge in [0.25, 0.3) is 5.56 Å². The molecule has 0 N–H and O–H groups in total. The van der Waals surface area contributed by atoms with Gasteiger partial charge in [0, 0.05) is 13.0 Å². The predicted octanol–water partition coefficient (Wildman–Crippen LogP) is 1.32. The van der Waals surface area contributed by atoms with Gasteiger partial charge in [-0.3, -0.25) is 9.36 Å². The average Bonchev–Trinajstić information content (AvgIpc) is 2.22. The molecule has 1 aromatic heterocycles. The molecule has 0 aliphatic carbocycles. The lowest BCUT2D eigenvalue weighted by Gasteiger charge is -2.05. The molecule has 0 bridgehead atoms. The summed E-state index contributed by atoms with van der Waals surface area (Å²) in [6, 6.07) is 0. The molecular weight excluding hydrogens is 216 g/mol. The van der Waals surface area contributed by atoms with E-state index >= 15 is 0 Å². The highest BCUT2D eigenvalue weighted by Crippen LogP contribution is 2.14. The summed E-state index contributed by atoms with van der Waals surface area (Å²) in [5.41, 5.74) is -0.282. The molecule has 0 unspecified atom stereocenters. The minimum absolute atomic E-state index is 0.0728. The number of methoxy groups -OCH3 is 1. The van der Waals surface area contributed by atoms with Gasteiger partial charge < -0.3 is 4.74 Å². The van der Waals surface area contributed by atoms with Crippen LogP contribution in [0.5, 0.6) is 5.75 Å². The van der Waals surface area contributed by atoms with Gasteiger partial charge in [-0.05, 0) is 6.92 Å². The van der Waals surface area contributed by atoms with E-state index in [-0.39, 0.29) is 16.5 Å². The molecule has 1 heterocycles. The minimum atomic E-state index is -0.282. The van der Waals surface area contributed by atoms with Gasteiger partial charge in [-0.25, -0.2) is 4.98 Å². The highest BCUT2D eigenvalue weighted by molar-refractivity contribution is 6.30. The van der Waals surface area contributed by atoms with Crippen molar-refractivity contribution in [2.45, 2.75) is 19.9 Å². The number of rotatable bonds is 3. The molecule has 0 saturated carbocycles. The second-order valence-electron chi connectivity index (χ2n) is 2.74. The van der Waals surface area contributed by atoms with Crippen LogP contribution in [0.1, 0.15) is 13.3 Å². The van der Waals surface area contributed by atoms with E-state index in [4.69, 9.17) is 16.3 Å². The summed E-state index contributed by atoms with van der Waals surface area (Å²) in [5, 5.41) is 0.0836. The van der Waals surface area contributed by atoms with Gasteiger partial charge >= 0.3 is 0 Å². The monoisotopic (exact) mass is 226 g/mol. The van der Waals surface area contributed by atoms with E-state index in [1.165, 1.54) is 18.0 Å². The smallest absolute Gasteiger partial charge is 0.297 e. The first kappa shape index (κ1) is 11.6. The number of aryl methyl sites for hydroxylation is 1. The molecular formula is C10H11ClN2O2. The van der Waals surface area contributed by atoms with Crippen molar-refractivity contribution in [2.75, 3.05) is 7.11 Å². The predicted molar refractivity (Wildman–Crippen MR) is 58.1 cm³/mol. The van der Waals surface area contributed by atoms with Crippen LogP contribution in [0.25, 0.3) is 0 Å². The summed E-state index contributed by atoms with van der Waals surface area (Å²) in [4.78, 5) is 15.5. The average molecular weight is 227 g/mol. The first-order valence-corrected chi connectivity index (χ1v) is 4.77. The lowest BCUT2D eigenvalue weighted by Crippen LogP contribution is -2.22. The topological polar surface area (TPSA) is 44.1 Å². The van der Waals surface area contributed by atoms with E-state index in [1.54, 1.807) is 6.92 Å². The van der Waals surface area contributed by atoms with Crippen molar-refractivity contribution in [1.29, 1.82) is 0 Å². The molecule has 5 heteroatoms. The molecule has 0 amide bonds. The van der Waals surface area contributed by atoms with Crippen molar-refractivity contribution < 1.29 is 4.74 Å². The van der Waals surface area contributed by atoms with Crippen LogP contribution in [0.4, 0.5) is 0 Å². The van der Waals surface area contributed by atoms with Gasteiger partial charge in [-0.15, -0.1) is 11.8 Å². The van der Waals surface area contributed by atoms with Crippen LogP contribution in [0.2, 0.25) is 5.15 Å². The van der Waals surface area contributed by atoms with E-state index in [0.717, 1.165) is 0 Å². The number of aromatic nitrogens is 2. The third kappa shape index (κ3) is 2.74. The fraction of sp³-hybridized carbons (Fsp3) is 0.400. The Balaban J connectivity index is 2.98. The Morgan fingerprint density at radius 2 is 2.40 bits per heavy atom. The zero-order chi connectivity index (χ0) is 11.3. The Morgan fingerprint density at radius 1 is 1.67 bits per heavy atom. The minimum Gasteiger partial charge on any atom is -0.489 e. The maximum absolute atomic E-state index is 11.7. The van der Waals surface area contributed by atoms with Crippen molar-refractivity contribution in [1.82, 2.24) is 9.55 Å². The summed E-state index contributed by atoms with van der Waals surface area (Å²) >= 11 is 5.69. The molecule has 0 aliphatic heterocycles. The Kier molecular flexibility index (Phi) is 4.19. The normalized spacial score (nSPS) is 9.27. The van der Waals surface area contributed by atoms with Gasteiger partial charge in [-0.1, -0.05) is 11.6 Å². The van der Waals surface area contributed by atoms with E-state index in [0.29, 0.717) is 13.0 Å².